The van der Waals surface area contributed by atoms with E-state index in [-0.39, 0.29) is 24.5 Å². The summed E-state index contributed by atoms with van der Waals surface area (Å²) in [4.78, 5) is 41.8. The number of carbonyl (C=O) groups excluding carboxylic acids is 2. The van der Waals surface area contributed by atoms with Gasteiger partial charge in [0.1, 0.15) is 17.1 Å². The maximum Gasteiger partial charge on any atom is 0.336 e. The number of amides is 1. The van der Waals surface area contributed by atoms with Crippen LogP contribution in [-0.4, -0.2) is 30.7 Å². The van der Waals surface area contributed by atoms with Gasteiger partial charge in [0, 0.05) is 22.6 Å². The quantitative estimate of drug-likeness (QED) is 0.290. The molecule has 1 saturated heterocycles. The lowest BCUT2D eigenvalue weighted by Crippen LogP contribution is -2.55. The third-order valence-corrected chi connectivity index (χ3v) is 8.92. The molecule has 3 aromatic rings. The number of rotatable bonds is 7. The Balaban J connectivity index is 1.70. The lowest BCUT2D eigenvalue weighted by molar-refractivity contribution is -0.167. The van der Waals surface area contributed by atoms with Crippen molar-refractivity contribution < 1.29 is 28.2 Å². The molecule has 1 aliphatic carbocycles. The van der Waals surface area contributed by atoms with E-state index < -0.39 is 22.1 Å². The molecule has 2 aliphatic rings. The highest BCUT2D eigenvalue weighted by molar-refractivity contribution is 6.05. The van der Waals surface area contributed by atoms with Gasteiger partial charge >= 0.3 is 11.6 Å². The molecule has 206 valence electrons. The minimum atomic E-state index is -1.33. The second kappa shape index (κ2) is 9.14. The molecule has 39 heavy (non-hydrogen) atoms. The second-order valence-corrected chi connectivity index (χ2v) is 11.6. The maximum absolute atomic E-state index is 14.7. The fourth-order valence-electron chi connectivity index (χ4n) is 6.08. The van der Waals surface area contributed by atoms with Crippen molar-refractivity contribution in [2.45, 2.75) is 72.6 Å². The Morgan fingerprint density at radius 3 is 2.31 bits per heavy atom. The second-order valence-electron chi connectivity index (χ2n) is 11.6. The molecule has 0 unspecified atom stereocenters. The third-order valence-electron chi connectivity index (χ3n) is 8.92. The van der Waals surface area contributed by atoms with Gasteiger partial charge in [0.05, 0.1) is 30.7 Å². The molecule has 1 amide bonds. The molecule has 2 fully saturated rings. The Labute approximate surface area is 227 Å². The lowest BCUT2D eigenvalue weighted by Gasteiger charge is -2.39. The Morgan fingerprint density at radius 1 is 1.05 bits per heavy atom. The smallest absolute Gasteiger partial charge is 0.336 e. The first kappa shape index (κ1) is 26.8. The molecule has 1 aromatic heterocycles. The van der Waals surface area contributed by atoms with Gasteiger partial charge in [-0.05, 0) is 82.5 Å². The van der Waals surface area contributed by atoms with Crippen molar-refractivity contribution in [3.8, 4) is 11.5 Å². The van der Waals surface area contributed by atoms with Gasteiger partial charge in [0.25, 0.3) is 5.91 Å². The topological polar surface area (TPSA) is 95.3 Å². The minimum absolute atomic E-state index is 0.0308. The van der Waals surface area contributed by atoms with Gasteiger partial charge in [-0.3, -0.25) is 9.59 Å². The van der Waals surface area contributed by atoms with E-state index in [4.69, 9.17) is 18.6 Å². The Bertz CT molecular complexity index is 1520. The van der Waals surface area contributed by atoms with Crippen molar-refractivity contribution in [3.05, 3.63) is 64.0 Å². The highest BCUT2D eigenvalue weighted by Crippen LogP contribution is 2.66. The van der Waals surface area contributed by atoms with Crippen molar-refractivity contribution in [2.75, 3.05) is 12.0 Å². The van der Waals surface area contributed by atoms with E-state index in [1.54, 1.807) is 36.3 Å². The molecule has 8 nitrogen and oxygen atoms in total. The van der Waals surface area contributed by atoms with Crippen molar-refractivity contribution in [1.29, 1.82) is 0 Å². The van der Waals surface area contributed by atoms with E-state index in [2.05, 4.69) is 0 Å². The summed E-state index contributed by atoms with van der Waals surface area (Å²) in [6.07, 6.45) is 0.824. The van der Waals surface area contributed by atoms with Gasteiger partial charge < -0.3 is 23.5 Å². The van der Waals surface area contributed by atoms with Crippen molar-refractivity contribution in [1.82, 2.24) is 0 Å². The van der Waals surface area contributed by atoms with E-state index in [0.29, 0.717) is 41.2 Å². The highest BCUT2D eigenvalue weighted by Gasteiger charge is 2.76. The summed E-state index contributed by atoms with van der Waals surface area (Å²) in [5.41, 5.74) is -1.05. The maximum atomic E-state index is 14.7. The largest absolute Gasteiger partial charge is 0.497 e. The van der Waals surface area contributed by atoms with Crippen LogP contribution >= 0.6 is 0 Å². The van der Waals surface area contributed by atoms with Crippen LogP contribution in [0.4, 0.5) is 5.69 Å². The fourth-order valence-corrected chi connectivity index (χ4v) is 6.08. The van der Waals surface area contributed by atoms with Crippen molar-refractivity contribution in [3.63, 3.8) is 0 Å². The van der Waals surface area contributed by atoms with Crippen LogP contribution in [0.2, 0.25) is 0 Å². The number of benzene rings is 2. The number of ether oxygens (including phenoxy) is 3. The van der Waals surface area contributed by atoms with E-state index in [9.17, 15) is 14.4 Å². The van der Waals surface area contributed by atoms with Crippen molar-refractivity contribution in [2.24, 2.45) is 10.8 Å². The summed E-state index contributed by atoms with van der Waals surface area (Å²) in [5, 5.41) is 0.752. The molecular weight excluding hydrogens is 498 g/mol. The molecule has 2 heterocycles. The normalized spacial score (nSPS) is 23.2. The molecule has 0 N–H and O–H groups in total. The molecule has 1 aliphatic heterocycles. The van der Waals surface area contributed by atoms with Gasteiger partial charge in [-0.25, -0.2) is 4.79 Å². The van der Waals surface area contributed by atoms with Gasteiger partial charge in [0.15, 0.2) is 5.60 Å². The molecule has 2 bridgehead atoms. The van der Waals surface area contributed by atoms with E-state index in [1.165, 1.54) is 6.07 Å². The molecule has 5 rings (SSSR count). The first-order valence-corrected chi connectivity index (χ1v) is 13.3. The zero-order valence-electron chi connectivity index (χ0n) is 23.5. The van der Waals surface area contributed by atoms with E-state index in [0.717, 1.165) is 10.9 Å². The van der Waals surface area contributed by atoms with Gasteiger partial charge in [0.2, 0.25) is 0 Å². The fraction of sp³-hybridized carbons (Fsp3) is 0.452. The Hall–Kier alpha value is -3.81. The predicted molar refractivity (Wildman–Crippen MR) is 147 cm³/mol. The molecule has 2 atom stereocenters. The van der Waals surface area contributed by atoms with Crippen molar-refractivity contribution >= 4 is 28.5 Å². The molecule has 2 aromatic carbocycles. The first-order chi connectivity index (χ1) is 18.3. The van der Waals surface area contributed by atoms with Crippen LogP contribution in [-0.2, 0) is 20.9 Å². The predicted octanol–water partition coefficient (Wildman–Crippen LogP) is 5.55. The standard InChI is InChI=1S/C31H35NO7/c1-18(2)37-24-13-12-22-19(3)16-25(33)38-26(22)23(24)17-32(20-8-10-21(36-7)11-9-20)27(34)31-15-14-30(6,28(35)39-31)29(31,4)5/h8-13,16,18H,14-15,17H2,1-7H3/t30-,31+/m0/s1. The summed E-state index contributed by atoms with van der Waals surface area (Å²) >= 11 is 0. The molecular formula is C31H35NO7. The molecule has 0 radical (unpaired) electrons. The first-order valence-electron chi connectivity index (χ1n) is 13.3. The number of hydrogen-bond donors (Lipinski definition) is 0. The zero-order chi connectivity index (χ0) is 28.3. The van der Waals surface area contributed by atoms with E-state index >= 15 is 0 Å². The van der Waals surface area contributed by atoms with Gasteiger partial charge in [-0.15, -0.1) is 0 Å². The van der Waals surface area contributed by atoms with Gasteiger partial charge in [-0.1, -0.05) is 13.8 Å². The van der Waals surface area contributed by atoms with Crippen LogP contribution in [0.25, 0.3) is 11.0 Å². The molecule has 1 saturated carbocycles. The summed E-state index contributed by atoms with van der Waals surface area (Å²) in [6.45, 7) is 11.4. The van der Waals surface area contributed by atoms with Gasteiger partial charge in [-0.2, -0.15) is 0 Å². The lowest BCUT2D eigenvalue weighted by atomic mass is 9.66. The summed E-state index contributed by atoms with van der Waals surface area (Å²) in [5.74, 6) is 0.474. The van der Waals surface area contributed by atoms with Crippen LogP contribution in [0.3, 0.4) is 0 Å². The summed E-state index contributed by atoms with van der Waals surface area (Å²) in [7, 11) is 1.58. The van der Waals surface area contributed by atoms with Crippen LogP contribution in [0.5, 0.6) is 11.5 Å². The molecule has 0 spiro atoms. The average molecular weight is 534 g/mol. The number of anilines is 1. The summed E-state index contributed by atoms with van der Waals surface area (Å²) in [6, 6.07) is 12.3. The van der Waals surface area contributed by atoms with E-state index in [1.807, 2.05) is 53.7 Å². The number of methoxy groups -OCH3 is 1. The van der Waals surface area contributed by atoms with Crippen LogP contribution in [0.15, 0.2) is 51.7 Å². The summed E-state index contributed by atoms with van der Waals surface area (Å²) < 4.78 is 23.2. The number of esters is 1. The average Bonchev–Trinajstić information content (AvgIpc) is 3.17. The number of hydrogen-bond acceptors (Lipinski definition) is 7. The number of aryl methyl sites for hydroxylation is 1. The van der Waals surface area contributed by atoms with Crippen LogP contribution in [0.1, 0.15) is 58.6 Å². The Kier molecular flexibility index (Phi) is 6.28. The monoisotopic (exact) mass is 533 g/mol. The zero-order valence-corrected chi connectivity index (χ0v) is 23.5. The minimum Gasteiger partial charge on any atom is -0.497 e. The number of nitrogens with zero attached hydrogens (tertiary/aromatic N) is 1. The SMILES string of the molecule is COc1ccc(N(Cc2c(OC(C)C)ccc3c(C)cc(=O)oc23)C(=O)[C@@]23CC[C@@](C)(C(=O)O2)C3(C)C)cc1. The highest BCUT2D eigenvalue weighted by atomic mass is 16.6. The number of fused-ring (bicyclic) bond motifs is 3. The number of carbonyl (C=O) groups is 2. The third kappa shape index (κ3) is 3.91. The van der Waals surface area contributed by atoms with Crippen LogP contribution in [0, 0.1) is 17.8 Å². The van der Waals surface area contributed by atoms with Crippen LogP contribution < -0.4 is 20.0 Å². The molecule has 8 heteroatoms. The Morgan fingerprint density at radius 2 is 1.74 bits per heavy atom.